The predicted octanol–water partition coefficient (Wildman–Crippen LogP) is 5.77. The number of carbonyl (C=O) groups excluding carboxylic acids is 1. The molecular formula is C20H15ClN2OS. The van der Waals surface area contributed by atoms with E-state index in [-0.39, 0.29) is 5.91 Å². The maximum Gasteiger partial charge on any atom is 0.268 e. The van der Waals surface area contributed by atoms with Gasteiger partial charge >= 0.3 is 0 Å². The number of anilines is 1. The van der Waals surface area contributed by atoms with Crippen molar-refractivity contribution in [2.75, 3.05) is 11.4 Å². The van der Waals surface area contributed by atoms with Crippen molar-refractivity contribution in [1.82, 2.24) is 4.98 Å². The van der Waals surface area contributed by atoms with Crippen LogP contribution in [0.3, 0.4) is 0 Å². The summed E-state index contributed by atoms with van der Waals surface area (Å²) in [4.78, 5) is 20.0. The summed E-state index contributed by atoms with van der Waals surface area (Å²) in [6.45, 7) is 2.58. The Kier molecular flexibility index (Phi) is 4.15. The molecule has 0 bridgehead atoms. The van der Waals surface area contributed by atoms with Crippen molar-refractivity contribution in [3.05, 3.63) is 70.7 Å². The summed E-state index contributed by atoms with van der Waals surface area (Å²) >= 11 is 7.83. The minimum atomic E-state index is -0.0185. The van der Waals surface area contributed by atoms with Crippen molar-refractivity contribution in [2.24, 2.45) is 0 Å². The smallest absolute Gasteiger partial charge is 0.268 e. The second kappa shape index (κ2) is 6.47. The first kappa shape index (κ1) is 16.1. The van der Waals surface area contributed by atoms with Crippen LogP contribution in [0.2, 0.25) is 5.15 Å². The highest BCUT2D eigenvalue weighted by molar-refractivity contribution is 7.22. The molecule has 0 unspecified atom stereocenters. The zero-order valence-corrected chi connectivity index (χ0v) is 15.1. The lowest BCUT2D eigenvalue weighted by molar-refractivity contribution is 0.0992. The van der Waals surface area contributed by atoms with Gasteiger partial charge in [0, 0.05) is 27.7 Å². The molecule has 25 heavy (non-hydrogen) atoms. The molecule has 4 aromatic rings. The first-order valence-electron chi connectivity index (χ1n) is 8.03. The van der Waals surface area contributed by atoms with Crippen LogP contribution in [0.25, 0.3) is 21.0 Å². The van der Waals surface area contributed by atoms with Gasteiger partial charge in [-0.2, -0.15) is 0 Å². The number of rotatable bonds is 3. The lowest BCUT2D eigenvalue weighted by Gasteiger charge is -2.20. The van der Waals surface area contributed by atoms with E-state index in [1.165, 1.54) is 11.3 Å². The van der Waals surface area contributed by atoms with Gasteiger partial charge < -0.3 is 4.90 Å². The molecule has 0 spiro atoms. The lowest BCUT2D eigenvalue weighted by Crippen LogP contribution is -2.29. The Morgan fingerprint density at radius 3 is 2.56 bits per heavy atom. The van der Waals surface area contributed by atoms with Gasteiger partial charge in [0.2, 0.25) is 0 Å². The van der Waals surface area contributed by atoms with Crippen molar-refractivity contribution in [3.63, 3.8) is 0 Å². The number of hydrogen-bond donors (Lipinski definition) is 0. The number of halogens is 1. The molecule has 3 nitrogen and oxygen atoms in total. The fourth-order valence-corrected chi connectivity index (χ4v) is 4.40. The number of amides is 1. The van der Waals surface area contributed by atoms with E-state index in [1.54, 1.807) is 4.90 Å². The molecule has 2 aromatic heterocycles. The first-order chi connectivity index (χ1) is 12.2. The molecule has 124 valence electrons. The Morgan fingerprint density at radius 1 is 1.08 bits per heavy atom. The van der Waals surface area contributed by atoms with E-state index in [2.05, 4.69) is 4.98 Å². The lowest BCUT2D eigenvalue weighted by atomic mass is 10.2. The number of hydrogen-bond acceptors (Lipinski definition) is 3. The highest BCUT2D eigenvalue weighted by Crippen LogP contribution is 2.36. The molecule has 0 radical (unpaired) electrons. The molecule has 0 fully saturated rings. The van der Waals surface area contributed by atoms with Gasteiger partial charge in [-0.1, -0.05) is 48.0 Å². The van der Waals surface area contributed by atoms with Crippen molar-refractivity contribution in [2.45, 2.75) is 6.92 Å². The largest absolute Gasteiger partial charge is 0.308 e. The van der Waals surface area contributed by atoms with Crippen LogP contribution in [0.1, 0.15) is 16.6 Å². The molecule has 0 N–H and O–H groups in total. The van der Waals surface area contributed by atoms with Gasteiger partial charge in [0.1, 0.15) is 5.15 Å². The van der Waals surface area contributed by atoms with Crippen LogP contribution in [-0.2, 0) is 0 Å². The van der Waals surface area contributed by atoms with Crippen LogP contribution in [-0.4, -0.2) is 17.4 Å². The summed E-state index contributed by atoms with van der Waals surface area (Å²) in [6, 6.07) is 19.4. The molecule has 1 amide bonds. The Labute approximate surface area is 154 Å². The average Bonchev–Trinajstić information content (AvgIpc) is 3.10. The van der Waals surface area contributed by atoms with Gasteiger partial charge in [0.25, 0.3) is 5.91 Å². The standard InChI is InChI=1S/C20H15ClN2OS/c1-2-23(13-8-4-3-5-9-13)20(24)17-12-15-18(25-17)14-10-6-7-11-16(14)22-19(15)21/h3-12H,2H2,1H3. The van der Waals surface area contributed by atoms with Crippen molar-refractivity contribution >= 4 is 55.5 Å². The Balaban J connectivity index is 1.85. The van der Waals surface area contributed by atoms with Gasteiger partial charge in [-0.05, 0) is 31.2 Å². The average molecular weight is 367 g/mol. The van der Waals surface area contributed by atoms with E-state index in [4.69, 9.17) is 11.6 Å². The maximum absolute atomic E-state index is 13.1. The van der Waals surface area contributed by atoms with Gasteiger partial charge in [-0.3, -0.25) is 4.79 Å². The van der Waals surface area contributed by atoms with Crippen LogP contribution < -0.4 is 4.90 Å². The number of aromatic nitrogens is 1. The summed E-state index contributed by atoms with van der Waals surface area (Å²) in [5, 5.41) is 2.29. The van der Waals surface area contributed by atoms with E-state index < -0.39 is 0 Å². The van der Waals surface area contributed by atoms with Crippen LogP contribution >= 0.6 is 22.9 Å². The van der Waals surface area contributed by atoms with Gasteiger partial charge in [-0.25, -0.2) is 4.98 Å². The van der Waals surface area contributed by atoms with Gasteiger partial charge in [-0.15, -0.1) is 11.3 Å². The van der Waals surface area contributed by atoms with Crippen LogP contribution in [0.15, 0.2) is 60.7 Å². The molecule has 4 rings (SSSR count). The van der Waals surface area contributed by atoms with Gasteiger partial charge in [0.05, 0.1) is 10.4 Å². The summed E-state index contributed by atoms with van der Waals surface area (Å²) in [5.74, 6) is -0.0185. The molecule has 0 saturated carbocycles. The van der Waals surface area contributed by atoms with Gasteiger partial charge in [0.15, 0.2) is 0 Å². The molecule has 0 aliphatic heterocycles. The summed E-state index contributed by atoms with van der Waals surface area (Å²) in [5.41, 5.74) is 1.73. The topological polar surface area (TPSA) is 33.2 Å². The van der Waals surface area contributed by atoms with Crippen LogP contribution in [0, 0.1) is 0 Å². The number of thiophene rings is 1. The molecule has 5 heteroatoms. The molecule has 2 aromatic carbocycles. The van der Waals surface area contributed by atoms with E-state index in [0.29, 0.717) is 16.6 Å². The third-order valence-corrected chi connectivity index (χ3v) is 5.61. The summed E-state index contributed by atoms with van der Waals surface area (Å²) in [6.07, 6.45) is 0. The van der Waals surface area contributed by atoms with Crippen molar-refractivity contribution in [3.8, 4) is 0 Å². The monoisotopic (exact) mass is 366 g/mol. The van der Waals surface area contributed by atoms with Crippen molar-refractivity contribution < 1.29 is 4.79 Å². The third kappa shape index (κ3) is 2.77. The van der Waals surface area contributed by atoms with E-state index in [1.807, 2.05) is 67.6 Å². The Morgan fingerprint density at radius 2 is 1.80 bits per heavy atom. The number of pyridine rings is 1. The number of nitrogens with zero attached hydrogens (tertiary/aromatic N) is 2. The van der Waals surface area contributed by atoms with E-state index >= 15 is 0 Å². The summed E-state index contributed by atoms with van der Waals surface area (Å²) in [7, 11) is 0. The predicted molar refractivity (Wildman–Crippen MR) is 106 cm³/mol. The van der Waals surface area contributed by atoms with Crippen LogP contribution in [0.4, 0.5) is 5.69 Å². The fraction of sp³-hybridized carbons (Fsp3) is 0.100. The fourth-order valence-electron chi connectivity index (χ4n) is 2.96. The third-order valence-electron chi connectivity index (χ3n) is 4.16. The number of para-hydroxylation sites is 2. The molecule has 2 heterocycles. The minimum Gasteiger partial charge on any atom is -0.308 e. The number of fused-ring (bicyclic) bond motifs is 3. The zero-order chi connectivity index (χ0) is 17.4. The zero-order valence-electron chi connectivity index (χ0n) is 13.6. The highest BCUT2D eigenvalue weighted by atomic mass is 35.5. The van der Waals surface area contributed by atoms with E-state index in [0.717, 1.165) is 26.7 Å². The Bertz CT molecular complexity index is 1080. The summed E-state index contributed by atoms with van der Waals surface area (Å²) < 4.78 is 1.00. The normalized spacial score (nSPS) is 11.1. The maximum atomic E-state index is 13.1. The highest BCUT2D eigenvalue weighted by Gasteiger charge is 2.20. The van der Waals surface area contributed by atoms with Crippen molar-refractivity contribution in [1.29, 1.82) is 0 Å². The van der Waals surface area contributed by atoms with E-state index in [9.17, 15) is 4.79 Å². The molecule has 0 aliphatic carbocycles. The quantitative estimate of drug-likeness (QED) is 0.431. The molecule has 0 saturated heterocycles. The molecule has 0 atom stereocenters. The second-order valence-corrected chi connectivity index (χ2v) is 7.07. The number of benzene rings is 2. The molecule has 0 aliphatic rings. The molecular weight excluding hydrogens is 352 g/mol. The first-order valence-corrected chi connectivity index (χ1v) is 9.23. The minimum absolute atomic E-state index is 0.0185. The number of carbonyl (C=O) groups is 1. The SMILES string of the molecule is CCN(C(=O)c1cc2c(Cl)nc3ccccc3c2s1)c1ccccc1. The van der Waals surface area contributed by atoms with Crippen LogP contribution in [0.5, 0.6) is 0 Å². The second-order valence-electron chi connectivity index (χ2n) is 5.66. The Hall–Kier alpha value is -2.43.